The second-order valence-electron chi connectivity index (χ2n) is 10.7. The summed E-state index contributed by atoms with van der Waals surface area (Å²) in [5.74, 6) is 0.599. The molecule has 7 rings (SSSR count). The molecule has 36 heavy (non-hydrogen) atoms. The molecule has 0 atom stereocenters. The van der Waals surface area contributed by atoms with Crippen molar-refractivity contribution in [3.8, 4) is 17.2 Å². The fraction of sp³-hybridized carbons (Fsp3) is 0.357. The van der Waals surface area contributed by atoms with Gasteiger partial charge < -0.3 is 14.5 Å². The molecule has 0 bridgehead atoms. The van der Waals surface area contributed by atoms with Gasteiger partial charge in [-0.2, -0.15) is 0 Å². The molecule has 1 N–H and O–H groups in total. The minimum atomic E-state index is -0.565. The number of nitrogens with one attached hydrogen (secondary N) is 1. The van der Waals surface area contributed by atoms with Crippen LogP contribution in [0, 0.1) is 18.2 Å². The molecule has 3 aromatic heterocycles. The number of amides is 1. The van der Waals surface area contributed by atoms with Crippen LogP contribution < -0.4 is 5.32 Å². The van der Waals surface area contributed by atoms with E-state index in [1.165, 1.54) is 31.0 Å². The second-order valence-corrected chi connectivity index (χ2v) is 10.7. The van der Waals surface area contributed by atoms with Gasteiger partial charge >= 0.3 is 0 Å². The monoisotopic (exact) mass is 482 g/mol. The first-order valence-electron chi connectivity index (χ1n) is 12.7. The second kappa shape index (κ2) is 7.85. The topological polar surface area (TPSA) is 77.6 Å². The molecular weight excluding hydrogens is 455 g/mol. The van der Waals surface area contributed by atoms with Crippen LogP contribution in [0.4, 0.5) is 10.2 Å². The molecule has 7 nitrogen and oxygen atoms in total. The van der Waals surface area contributed by atoms with Crippen LogP contribution in [0.15, 0.2) is 49.1 Å². The van der Waals surface area contributed by atoms with E-state index in [0.29, 0.717) is 22.8 Å². The van der Waals surface area contributed by atoms with Gasteiger partial charge in [0, 0.05) is 30.6 Å². The van der Waals surface area contributed by atoms with Crippen molar-refractivity contribution in [1.29, 1.82) is 0 Å². The maximum Gasteiger partial charge on any atom is 0.259 e. The van der Waals surface area contributed by atoms with Gasteiger partial charge in [-0.05, 0) is 74.3 Å². The predicted octanol–water partition coefficient (Wildman–Crippen LogP) is 5.43. The summed E-state index contributed by atoms with van der Waals surface area (Å²) in [7, 11) is 0. The van der Waals surface area contributed by atoms with Crippen molar-refractivity contribution in [1.82, 2.24) is 24.1 Å². The average Bonchev–Trinajstić information content (AvgIpc) is 3.25. The van der Waals surface area contributed by atoms with Crippen LogP contribution in [0.3, 0.4) is 0 Å². The summed E-state index contributed by atoms with van der Waals surface area (Å²) in [6, 6.07) is 8.44. The molecule has 3 aliphatic rings. The van der Waals surface area contributed by atoms with E-state index in [-0.39, 0.29) is 5.56 Å². The molecule has 2 fully saturated rings. The molecule has 8 heteroatoms. The zero-order valence-electron chi connectivity index (χ0n) is 20.2. The Hall–Kier alpha value is -3.81. The van der Waals surface area contributed by atoms with E-state index in [0.717, 1.165) is 48.6 Å². The van der Waals surface area contributed by atoms with Gasteiger partial charge in [-0.15, -0.1) is 0 Å². The molecular formula is C28H27FN6O. The van der Waals surface area contributed by atoms with Crippen LogP contribution in [0.25, 0.3) is 17.2 Å². The van der Waals surface area contributed by atoms with E-state index in [4.69, 9.17) is 0 Å². The largest absolute Gasteiger partial charge is 0.326 e. The van der Waals surface area contributed by atoms with Gasteiger partial charge in [0.1, 0.15) is 17.3 Å². The highest BCUT2D eigenvalue weighted by Gasteiger charge is 2.43. The van der Waals surface area contributed by atoms with Gasteiger partial charge in [-0.1, -0.05) is 12.5 Å². The molecule has 2 aliphatic carbocycles. The number of anilines is 1. The number of fused-ring (bicyclic) bond motifs is 1. The van der Waals surface area contributed by atoms with Gasteiger partial charge in [0.2, 0.25) is 0 Å². The van der Waals surface area contributed by atoms with Gasteiger partial charge in [-0.3, -0.25) is 4.79 Å². The maximum atomic E-state index is 14.9. The fourth-order valence-electron chi connectivity index (χ4n) is 5.71. The lowest BCUT2D eigenvalue weighted by molar-refractivity contribution is 0.102. The summed E-state index contributed by atoms with van der Waals surface area (Å²) < 4.78 is 19.0. The van der Waals surface area contributed by atoms with Gasteiger partial charge in [0.15, 0.2) is 5.82 Å². The lowest BCUT2D eigenvalue weighted by Gasteiger charge is -2.37. The Balaban J connectivity index is 1.15. The Kier molecular flexibility index (Phi) is 4.68. The molecule has 1 aliphatic heterocycles. The van der Waals surface area contributed by atoms with Crippen LogP contribution in [0.5, 0.6) is 0 Å². The number of aromatic nitrogens is 5. The lowest BCUT2D eigenvalue weighted by atomic mass is 9.68. The molecule has 4 heterocycles. The van der Waals surface area contributed by atoms with Crippen molar-refractivity contribution in [2.45, 2.75) is 57.9 Å². The molecule has 1 aromatic carbocycles. The van der Waals surface area contributed by atoms with E-state index in [9.17, 15) is 9.18 Å². The smallest absolute Gasteiger partial charge is 0.259 e. The van der Waals surface area contributed by atoms with Crippen molar-refractivity contribution in [2.75, 3.05) is 5.32 Å². The van der Waals surface area contributed by atoms with Crippen LogP contribution in [0.2, 0.25) is 0 Å². The highest BCUT2D eigenvalue weighted by Crippen LogP contribution is 2.49. The summed E-state index contributed by atoms with van der Waals surface area (Å²) in [5, 5.41) is 2.79. The Morgan fingerprint density at radius 2 is 2.06 bits per heavy atom. The number of rotatable bonds is 5. The van der Waals surface area contributed by atoms with Crippen molar-refractivity contribution in [3.63, 3.8) is 0 Å². The number of carbonyl (C=O) groups is 1. The Labute approximate surface area is 208 Å². The molecule has 0 saturated heterocycles. The molecule has 1 amide bonds. The van der Waals surface area contributed by atoms with Crippen molar-refractivity contribution < 1.29 is 9.18 Å². The van der Waals surface area contributed by atoms with E-state index in [1.807, 2.05) is 36.0 Å². The minimum absolute atomic E-state index is 0.0295. The number of halogens is 1. The Bertz CT molecular complexity index is 1510. The normalized spacial score (nSPS) is 17.7. The molecule has 182 valence electrons. The van der Waals surface area contributed by atoms with Gasteiger partial charge in [-0.25, -0.2) is 19.3 Å². The minimum Gasteiger partial charge on any atom is -0.326 e. The number of imidazole rings is 2. The number of aryl methyl sites for hydroxylation is 1. The van der Waals surface area contributed by atoms with Crippen molar-refractivity contribution >= 4 is 11.7 Å². The molecule has 1 spiro atoms. The van der Waals surface area contributed by atoms with E-state index < -0.39 is 11.7 Å². The van der Waals surface area contributed by atoms with Crippen LogP contribution >= 0.6 is 0 Å². The predicted molar refractivity (Wildman–Crippen MR) is 134 cm³/mol. The Morgan fingerprint density at radius 3 is 2.83 bits per heavy atom. The number of carbonyl (C=O) groups excluding carboxylic acids is 1. The fourth-order valence-corrected chi connectivity index (χ4v) is 5.71. The summed E-state index contributed by atoms with van der Waals surface area (Å²) in [5.41, 5.74) is 4.83. The first-order valence-corrected chi connectivity index (χ1v) is 12.7. The number of hydrogen-bond acceptors (Lipinski definition) is 4. The van der Waals surface area contributed by atoms with E-state index in [1.54, 1.807) is 18.5 Å². The standard InChI is InChI=1S/C28H27FN6O/c1-17-10-21(29)20(11-24(17)34-14-23(31-16-34)18-6-7-18)27(36)33-25-5-2-4-22(32-25)26-30-13-19-12-28(8-3-9-28)15-35(19)26/h2,4-5,10-11,13-14,16,18H,3,6-9,12,15H2,1H3,(H,32,33,36). The molecule has 2 saturated carbocycles. The first-order chi connectivity index (χ1) is 17.5. The van der Waals surface area contributed by atoms with Crippen molar-refractivity contribution in [3.05, 3.63) is 77.4 Å². The zero-order valence-corrected chi connectivity index (χ0v) is 20.2. The van der Waals surface area contributed by atoms with Crippen LogP contribution in [-0.2, 0) is 13.0 Å². The summed E-state index contributed by atoms with van der Waals surface area (Å²) in [4.78, 5) is 26.9. The zero-order chi connectivity index (χ0) is 24.4. The number of nitrogens with zero attached hydrogens (tertiary/aromatic N) is 5. The third-order valence-corrected chi connectivity index (χ3v) is 8.03. The molecule has 4 aromatic rings. The Morgan fingerprint density at radius 1 is 1.19 bits per heavy atom. The SMILES string of the molecule is Cc1cc(F)c(C(=O)Nc2cccc(-c3ncc4n3CC3(CCC3)C4)n2)cc1-n1cnc(C2CC2)c1. The van der Waals surface area contributed by atoms with E-state index in [2.05, 4.69) is 24.8 Å². The molecule has 0 radical (unpaired) electrons. The van der Waals surface area contributed by atoms with Crippen molar-refractivity contribution in [2.24, 2.45) is 5.41 Å². The average molecular weight is 483 g/mol. The summed E-state index contributed by atoms with van der Waals surface area (Å²) >= 11 is 0. The third kappa shape index (κ3) is 3.54. The first kappa shape index (κ1) is 21.5. The highest BCUT2D eigenvalue weighted by molar-refractivity contribution is 6.04. The maximum absolute atomic E-state index is 14.9. The lowest BCUT2D eigenvalue weighted by Crippen LogP contribution is -2.30. The summed E-state index contributed by atoms with van der Waals surface area (Å²) in [6.07, 6.45) is 12.9. The van der Waals surface area contributed by atoms with Crippen LogP contribution in [-0.4, -0.2) is 30.0 Å². The van der Waals surface area contributed by atoms with Gasteiger partial charge in [0.05, 0.1) is 23.3 Å². The van der Waals surface area contributed by atoms with Gasteiger partial charge in [0.25, 0.3) is 5.91 Å². The number of benzene rings is 1. The highest BCUT2D eigenvalue weighted by atomic mass is 19.1. The number of pyridine rings is 1. The molecule has 0 unspecified atom stereocenters. The van der Waals surface area contributed by atoms with Crippen LogP contribution in [0.1, 0.15) is 65.3 Å². The number of hydrogen-bond donors (Lipinski definition) is 1. The summed E-state index contributed by atoms with van der Waals surface area (Å²) in [6.45, 7) is 2.81. The third-order valence-electron chi connectivity index (χ3n) is 8.03. The quantitative estimate of drug-likeness (QED) is 0.411. The van der Waals surface area contributed by atoms with E-state index >= 15 is 0 Å².